The van der Waals surface area contributed by atoms with Crippen LogP contribution in [0, 0.1) is 11.8 Å². The lowest BCUT2D eigenvalue weighted by atomic mass is 9.82. The number of hydrogen-bond donors (Lipinski definition) is 2. The molecule has 1 aliphatic rings. The monoisotopic (exact) mass is 264 g/mol. The van der Waals surface area contributed by atoms with Crippen LogP contribution in [0.4, 0.5) is 17.8 Å². The Balaban J connectivity index is 1.95. The van der Waals surface area contributed by atoms with E-state index in [0.717, 1.165) is 12.5 Å². The Bertz CT molecular complexity index is 420. The van der Waals surface area contributed by atoms with Crippen molar-refractivity contribution in [3.8, 4) is 0 Å². The van der Waals surface area contributed by atoms with Crippen molar-refractivity contribution in [3.05, 3.63) is 0 Å². The molecule has 19 heavy (non-hydrogen) atoms. The molecule has 1 saturated carbocycles. The summed E-state index contributed by atoms with van der Waals surface area (Å²) < 4.78 is 0. The number of anilines is 3. The quantitative estimate of drug-likeness (QED) is 0.862. The van der Waals surface area contributed by atoms with E-state index in [9.17, 15) is 0 Å². The smallest absolute Gasteiger partial charge is 0.231 e. The van der Waals surface area contributed by atoms with Gasteiger partial charge in [0.25, 0.3) is 0 Å². The number of nitrogens with one attached hydrogen (secondary N) is 1. The molecule has 0 saturated heterocycles. The molecular formula is C13H24N6. The number of nitrogen functional groups attached to an aromatic ring is 1. The lowest BCUT2D eigenvalue weighted by Gasteiger charge is -2.26. The van der Waals surface area contributed by atoms with Gasteiger partial charge in [-0.15, -0.1) is 0 Å². The fourth-order valence-corrected chi connectivity index (χ4v) is 2.64. The highest BCUT2D eigenvalue weighted by atomic mass is 15.3. The maximum Gasteiger partial charge on any atom is 0.231 e. The van der Waals surface area contributed by atoms with Gasteiger partial charge in [0, 0.05) is 20.6 Å². The molecule has 2 atom stereocenters. The van der Waals surface area contributed by atoms with Crippen LogP contribution < -0.4 is 16.0 Å². The van der Waals surface area contributed by atoms with Gasteiger partial charge in [-0.2, -0.15) is 15.0 Å². The van der Waals surface area contributed by atoms with Crippen molar-refractivity contribution in [2.75, 3.05) is 36.6 Å². The highest BCUT2D eigenvalue weighted by Crippen LogP contribution is 2.28. The van der Waals surface area contributed by atoms with Crippen molar-refractivity contribution in [1.29, 1.82) is 0 Å². The molecular weight excluding hydrogens is 240 g/mol. The topological polar surface area (TPSA) is 80.0 Å². The van der Waals surface area contributed by atoms with Gasteiger partial charge in [0.1, 0.15) is 0 Å². The molecule has 1 aromatic heterocycles. The van der Waals surface area contributed by atoms with Crippen LogP contribution in [-0.2, 0) is 0 Å². The zero-order chi connectivity index (χ0) is 13.8. The molecule has 106 valence electrons. The Hall–Kier alpha value is -1.59. The lowest BCUT2D eigenvalue weighted by Crippen LogP contribution is -2.23. The van der Waals surface area contributed by atoms with E-state index in [-0.39, 0.29) is 5.95 Å². The van der Waals surface area contributed by atoms with Gasteiger partial charge in [-0.25, -0.2) is 0 Å². The second-order valence-electron chi connectivity index (χ2n) is 5.73. The van der Waals surface area contributed by atoms with E-state index in [1.807, 2.05) is 19.0 Å². The minimum atomic E-state index is 0.262. The minimum absolute atomic E-state index is 0.262. The Morgan fingerprint density at radius 2 is 2.05 bits per heavy atom. The molecule has 2 unspecified atom stereocenters. The van der Waals surface area contributed by atoms with Gasteiger partial charge >= 0.3 is 0 Å². The predicted molar refractivity (Wildman–Crippen MR) is 78.2 cm³/mol. The maximum absolute atomic E-state index is 5.70. The highest BCUT2D eigenvalue weighted by Gasteiger charge is 2.19. The lowest BCUT2D eigenvalue weighted by molar-refractivity contribution is 0.293. The molecule has 0 amide bonds. The Morgan fingerprint density at radius 1 is 1.26 bits per heavy atom. The van der Waals surface area contributed by atoms with Gasteiger partial charge in [-0.05, 0) is 24.7 Å². The van der Waals surface area contributed by atoms with Crippen molar-refractivity contribution in [2.45, 2.75) is 32.6 Å². The van der Waals surface area contributed by atoms with Crippen LogP contribution >= 0.6 is 0 Å². The van der Waals surface area contributed by atoms with Crippen LogP contribution in [0.25, 0.3) is 0 Å². The Labute approximate surface area is 114 Å². The van der Waals surface area contributed by atoms with Crippen LogP contribution in [0.3, 0.4) is 0 Å². The SMILES string of the molecule is CC1CCCC(CNc2nc(N)nc(N(C)C)n2)C1. The largest absolute Gasteiger partial charge is 0.368 e. The third-order valence-corrected chi connectivity index (χ3v) is 3.63. The van der Waals surface area contributed by atoms with Crippen molar-refractivity contribution in [3.63, 3.8) is 0 Å². The Kier molecular flexibility index (Phi) is 4.39. The first-order chi connectivity index (χ1) is 9.04. The molecule has 3 N–H and O–H groups in total. The average Bonchev–Trinajstić information content (AvgIpc) is 2.36. The first-order valence-corrected chi connectivity index (χ1v) is 6.97. The first kappa shape index (κ1) is 13.8. The Morgan fingerprint density at radius 3 is 2.74 bits per heavy atom. The van der Waals surface area contributed by atoms with E-state index in [2.05, 4.69) is 27.2 Å². The van der Waals surface area contributed by atoms with Gasteiger partial charge in [-0.3, -0.25) is 0 Å². The minimum Gasteiger partial charge on any atom is -0.368 e. The second-order valence-corrected chi connectivity index (χ2v) is 5.73. The average molecular weight is 264 g/mol. The van der Waals surface area contributed by atoms with Gasteiger partial charge in [0.15, 0.2) is 0 Å². The second kappa shape index (κ2) is 6.04. The maximum atomic E-state index is 5.70. The number of nitrogens with zero attached hydrogens (tertiary/aromatic N) is 4. The normalized spacial score (nSPS) is 23.1. The van der Waals surface area contributed by atoms with Crippen LogP contribution in [0.15, 0.2) is 0 Å². The fraction of sp³-hybridized carbons (Fsp3) is 0.769. The molecule has 1 heterocycles. The summed E-state index contributed by atoms with van der Waals surface area (Å²) in [5.74, 6) is 2.98. The molecule has 1 aliphatic carbocycles. The number of aromatic nitrogens is 3. The summed E-state index contributed by atoms with van der Waals surface area (Å²) in [4.78, 5) is 14.4. The van der Waals surface area contributed by atoms with Gasteiger partial charge in [0.2, 0.25) is 17.8 Å². The van der Waals surface area contributed by atoms with Crippen molar-refractivity contribution in [1.82, 2.24) is 15.0 Å². The summed E-state index contributed by atoms with van der Waals surface area (Å²) in [5.41, 5.74) is 5.70. The molecule has 0 bridgehead atoms. The molecule has 1 fully saturated rings. The number of hydrogen-bond acceptors (Lipinski definition) is 6. The summed E-state index contributed by atoms with van der Waals surface area (Å²) in [6, 6.07) is 0. The molecule has 6 nitrogen and oxygen atoms in total. The molecule has 0 aromatic carbocycles. The molecule has 0 spiro atoms. The first-order valence-electron chi connectivity index (χ1n) is 6.97. The molecule has 0 radical (unpaired) electrons. The molecule has 2 rings (SSSR count). The van der Waals surface area contributed by atoms with Crippen molar-refractivity contribution in [2.24, 2.45) is 11.8 Å². The van der Waals surface area contributed by atoms with E-state index >= 15 is 0 Å². The van der Waals surface area contributed by atoms with Gasteiger partial charge in [0.05, 0.1) is 0 Å². The summed E-state index contributed by atoms with van der Waals surface area (Å²) in [7, 11) is 3.78. The van der Waals surface area contributed by atoms with Gasteiger partial charge in [-0.1, -0.05) is 19.8 Å². The highest BCUT2D eigenvalue weighted by molar-refractivity contribution is 5.40. The fourth-order valence-electron chi connectivity index (χ4n) is 2.64. The van der Waals surface area contributed by atoms with Crippen molar-refractivity contribution >= 4 is 17.8 Å². The zero-order valence-electron chi connectivity index (χ0n) is 12.1. The standard InChI is InChI=1S/C13H24N6/c1-9-5-4-6-10(7-9)8-15-12-16-11(14)17-13(18-12)19(2)3/h9-10H,4-8H2,1-3H3,(H3,14,15,16,17,18). The summed E-state index contributed by atoms with van der Waals surface area (Å²) in [5, 5.41) is 3.30. The number of rotatable bonds is 4. The van der Waals surface area contributed by atoms with Crippen LogP contribution in [0.2, 0.25) is 0 Å². The van der Waals surface area contributed by atoms with E-state index in [1.54, 1.807) is 0 Å². The zero-order valence-corrected chi connectivity index (χ0v) is 12.1. The van der Waals surface area contributed by atoms with E-state index in [1.165, 1.54) is 25.7 Å². The molecule has 6 heteroatoms. The number of nitrogens with two attached hydrogens (primary N) is 1. The summed E-state index contributed by atoms with van der Waals surface area (Å²) in [6.07, 6.45) is 5.27. The van der Waals surface area contributed by atoms with Crippen LogP contribution in [0.5, 0.6) is 0 Å². The van der Waals surface area contributed by atoms with E-state index in [0.29, 0.717) is 17.8 Å². The van der Waals surface area contributed by atoms with Gasteiger partial charge < -0.3 is 16.0 Å². The summed E-state index contributed by atoms with van der Waals surface area (Å²) in [6.45, 7) is 3.25. The third kappa shape index (κ3) is 3.94. The third-order valence-electron chi connectivity index (χ3n) is 3.63. The van der Waals surface area contributed by atoms with Crippen LogP contribution in [0.1, 0.15) is 32.6 Å². The predicted octanol–water partition coefficient (Wildman–Crippen LogP) is 1.76. The molecule has 0 aliphatic heterocycles. The van der Waals surface area contributed by atoms with Crippen molar-refractivity contribution < 1.29 is 0 Å². The van der Waals surface area contributed by atoms with Crippen LogP contribution in [-0.4, -0.2) is 35.6 Å². The van der Waals surface area contributed by atoms with E-state index in [4.69, 9.17) is 5.73 Å². The molecule has 1 aromatic rings. The summed E-state index contributed by atoms with van der Waals surface area (Å²) >= 11 is 0. The van der Waals surface area contributed by atoms with E-state index < -0.39 is 0 Å².